The van der Waals surface area contributed by atoms with Crippen LogP contribution in [0.1, 0.15) is 10.4 Å². The normalized spacial score (nSPS) is 10.2. The van der Waals surface area contributed by atoms with E-state index in [4.69, 9.17) is 5.73 Å². The molecule has 0 amide bonds. The predicted molar refractivity (Wildman–Crippen MR) is 47.4 cm³/mol. The Bertz CT molecular complexity index is 331. The van der Waals surface area contributed by atoms with Crippen LogP contribution >= 0.6 is 15.9 Å². The Balaban J connectivity index is 3.28. The summed E-state index contributed by atoms with van der Waals surface area (Å²) in [6.45, 7) is -0.407. The minimum atomic E-state index is -0.901. The van der Waals surface area contributed by atoms with Crippen molar-refractivity contribution in [2.24, 2.45) is 5.73 Å². The Morgan fingerprint density at radius 3 is 2.23 bits per heavy atom. The first-order chi connectivity index (χ1) is 6.06. The van der Waals surface area contributed by atoms with Crippen molar-refractivity contribution in [1.29, 1.82) is 0 Å². The molecule has 0 aliphatic heterocycles. The fourth-order valence-electron chi connectivity index (χ4n) is 0.911. The molecule has 0 spiro atoms. The van der Waals surface area contributed by atoms with Crippen molar-refractivity contribution in [3.05, 3.63) is 33.8 Å². The van der Waals surface area contributed by atoms with E-state index < -0.39 is 29.5 Å². The van der Waals surface area contributed by atoms with E-state index in [1.165, 1.54) is 0 Å². The third-order valence-corrected chi connectivity index (χ3v) is 1.93. The number of nitrogens with two attached hydrogens (primary N) is 1. The van der Waals surface area contributed by atoms with Crippen LogP contribution in [0.15, 0.2) is 16.6 Å². The van der Waals surface area contributed by atoms with Crippen molar-refractivity contribution in [3.8, 4) is 0 Å². The largest absolute Gasteiger partial charge is 0.324 e. The average Bonchev–Trinajstić information content (AvgIpc) is 2.02. The Hall–Kier alpha value is -0.810. The number of hydrogen-bond donors (Lipinski definition) is 1. The summed E-state index contributed by atoms with van der Waals surface area (Å²) >= 11 is 2.90. The number of ketones is 1. The van der Waals surface area contributed by atoms with Gasteiger partial charge in [-0.05, 0) is 12.1 Å². The van der Waals surface area contributed by atoms with Gasteiger partial charge in [0.1, 0.15) is 11.6 Å². The summed E-state index contributed by atoms with van der Waals surface area (Å²) in [5.41, 5.74) is 4.41. The molecule has 70 valence electrons. The number of Topliss-reactive ketones (excluding diaryl/α,β-unsaturated/α-hetero) is 1. The molecule has 2 N–H and O–H groups in total. The maximum Gasteiger partial charge on any atom is 0.182 e. The van der Waals surface area contributed by atoms with E-state index in [1.54, 1.807) is 0 Å². The molecule has 0 aromatic heterocycles. The molecule has 5 heteroatoms. The zero-order chi connectivity index (χ0) is 10.0. The van der Waals surface area contributed by atoms with Gasteiger partial charge < -0.3 is 5.73 Å². The van der Waals surface area contributed by atoms with E-state index >= 15 is 0 Å². The highest BCUT2D eigenvalue weighted by molar-refractivity contribution is 9.10. The zero-order valence-corrected chi connectivity index (χ0v) is 8.07. The summed E-state index contributed by atoms with van der Waals surface area (Å²) < 4.78 is 26.3. The molecule has 0 bridgehead atoms. The van der Waals surface area contributed by atoms with E-state index in [1.807, 2.05) is 0 Å². The van der Waals surface area contributed by atoms with Crippen LogP contribution in [-0.2, 0) is 0 Å². The Morgan fingerprint density at radius 2 is 1.85 bits per heavy atom. The topological polar surface area (TPSA) is 43.1 Å². The van der Waals surface area contributed by atoms with Crippen molar-refractivity contribution >= 4 is 21.7 Å². The molecule has 0 unspecified atom stereocenters. The van der Waals surface area contributed by atoms with Gasteiger partial charge in [-0.25, -0.2) is 8.78 Å². The number of rotatable bonds is 2. The second-order valence-electron chi connectivity index (χ2n) is 2.37. The fourth-order valence-corrected chi connectivity index (χ4v) is 1.31. The van der Waals surface area contributed by atoms with Gasteiger partial charge in [-0.1, -0.05) is 15.9 Å². The lowest BCUT2D eigenvalue weighted by Crippen LogP contribution is -2.16. The molecule has 0 aliphatic carbocycles. The van der Waals surface area contributed by atoms with Gasteiger partial charge in [0, 0.05) is 4.47 Å². The van der Waals surface area contributed by atoms with E-state index in [0.717, 1.165) is 12.1 Å². The van der Waals surface area contributed by atoms with E-state index in [2.05, 4.69) is 15.9 Å². The minimum Gasteiger partial charge on any atom is -0.324 e. The summed E-state index contributed by atoms with van der Waals surface area (Å²) in [7, 11) is 0. The van der Waals surface area contributed by atoms with Gasteiger partial charge in [0.15, 0.2) is 5.78 Å². The molecular weight excluding hydrogens is 244 g/mol. The highest BCUT2D eigenvalue weighted by atomic mass is 79.9. The summed E-state index contributed by atoms with van der Waals surface area (Å²) in [6.07, 6.45) is 0. The van der Waals surface area contributed by atoms with Crippen LogP contribution in [0.25, 0.3) is 0 Å². The van der Waals surface area contributed by atoms with Gasteiger partial charge in [0.25, 0.3) is 0 Å². The van der Waals surface area contributed by atoms with Crippen molar-refractivity contribution in [2.45, 2.75) is 0 Å². The lowest BCUT2D eigenvalue weighted by molar-refractivity contribution is 0.0993. The van der Waals surface area contributed by atoms with Crippen LogP contribution in [0.4, 0.5) is 8.78 Å². The Kier molecular flexibility index (Phi) is 3.11. The molecule has 13 heavy (non-hydrogen) atoms. The standard InChI is InChI=1S/C8H6BrF2NO/c9-4-1-5(10)8(6(11)2-4)7(13)3-12/h1-2H,3,12H2. The van der Waals surface area contributed by atoms with Crippen molar-refractivity contribution in [1.82, 2.24) is 0 Å². The third kappa shape index (κ3) is 2.10. The van der Waals surface area contributed by atoms with Gasteiger partial charge in [-0.2, -0.15) is 0 Å². The summed E-state index contributed by atoms with van der Waals surface area (Å²) in [6, 6.07) is 2.04. The quantitative estimate of drug-likeness (QED) is 0.814. The number of carbonyl (C=O) groups is 1. The van der Waals surface area contributed by atoms with Crippen molar-refractivity contribution in [2.75, 3.05) is 6.54 Å². The number of carbonyl (C=O) groups excluding carboxylic acids is 1. The molecule has 0 fully saturated rings. The summed E-state index contributed by atoms with van der Waals surface area (Å²) in [5.74, 6) is -2.55. The maximum absolute atomic E-state index is 13.0. The SMILES string of the molecule is NCC(=O)c1c(F)cc(Br)cc1F. The number of halogens is 3. The first-order valence-corrected chi connectivity index (χ1v) is 4.23. The van der Waals surface area contributed by atoms with E-state index in [9.17, 15) is 13.6 Å². The molecule has 0 atom stereocenters. The molecule has 0 radical (unpaired) electrons. The molecule has 0 aliphatic rings. The highest BCUT2D eigenvalue weighted by Crippen LogP contribution is 2.19. The summed E-state index contributed by atoms with van der Waals surface area (Å²) in [5, 5.41) is 0. The lowest BCUT2D eigenvalue weighted by Gasteiger charge is -2.02. The molecule has 1 rings (SSSR count). The minimum absolute atomic E-state index is 0.246. The molecule has 0 saturated carbocycles. The number of benzene rings is 1. The molecule has 2 nitrogen and oxygen atoms in total. The lowest BCUT2D eigenvalue weighted by atomic mass is 10.1. The van der Waals surface area contributed by atoms with E-state index in [0.29, 0.717) is 0 Å². The van der Waals surface area contributed by atoms with Crippen LogP contribution in [0.5, 0.6) is 0 Å². The second kappa shape index (κ2) is 3.93. The smallest absolute Gasteiger partial charge is 0.182 e. The van der Waals surface area contributed by atoms with Gasteiger partial charge in [-0.15, -0.1) is 0 Å². The third-order valence-electron chi connectivity index (χ3n) is 1.47. The molecule has 1 aromatic rings. The van der Waals surface area contributed by atoms with Crippen molar-refractivity contribution < 1.29 is 13.6 Å². The van der Waals surface area contributed by atoms with Crippen molar-refractivity contribution in [3.63, 3.8) is 0 Å². The predicted octanol–water partition coefficient (Wildman–Crippen LogP) is 1.87. The summed E-state index contributed by atoms with van der Waals surface area (Å²) in [4.78, 5) is 10.9. The molecule has 0 heterocycles. The molecule has 0 saturated heterocycles. The van der Waals surface area contributed by atoms with Crippen LogP contribution < -0.4 is 5.73 Å². The van der Waals surface area contributed by atoms with Gasteiger partial charge in [-0.3, -0.25) is 4.79 Å². The van der Waals surface area contributed by atoms with Gasteiger partial charge in [0.2, 0.25) is 0 Å². The van der Waals surface area contributed by atoms with E-state index in [-0.39, 0.29) is 4.47 Å². The van der Waals surface area contributed by atoms with Crippen LogP contribution in [0.2, 0.25) is 0 Å². The van der Waals surface area contributed by atoms with Gasteiger partial charge in [0.05, 0.1) is 12.1 Å². The maximum atomic E-state index is 13.0. The zero-order valence-electron chi connectivity index (χ0n) is 6.48. The Labute approximate surface area is 81.9 Å². The highest BCUT2D eigenvalue weighted by Gasteiger charge is 2.16. The van der Waals surface area contributed by atoms with Crippen LogP contribution in [0.3, 0.4) is 0 Å². The molecule has 1 aromatic carbocycles. The monoisotopic (exact) mass is 249 g/mol. The molecular formula is C8H6BrF2NO. The average molecular weight is 250 g/mol. The second-order valence-corrected chi connectivity index (χ2v) is 3.29. The first kappa shape index (κ1) is 10.3. The van der Waals surface area contributed by atoms with Gasteiger partial charge >= 0.3 is 0 Å². The Morgan fingerprint density at radius 1 is 1.38 bits per heavy atom. The fraction of sp³-hybridized carbons (Fsp3) is 0.125. The first-order valence-electron chi connectivity index (χ1n) is 3.44. The number of hydrogen-bond acceptors (Lipinski definition) is 2. The van der Waals surface area contributed by atoms with Crippen LogP contribution in [-0.4, -0.2) is 12.3 Å². The van der Waals surface area contributed by atoms with Crippen LogP contribution in [0, 0.1) is 11.6 Å².